The Labute approximate surface area is 152 Å². The molecule has 0 aliphatic carbocycles. The van der Waals surface area contributed by atoms with Gasteiger partial charge in [0.25, 0.3) is 0 Å². The summed E-state index contributed by atoms with van der Waals surface area (Å²) < 4.78 is 11.5. The Morgan fingerprint density at radius 2 is 2.20 bits per heavy atom. The minimum absolute atomic E-state index is 0.509. The minimum Gasteiger partial charge on any atom is -0.493 e. The molecule has 5 nitrogen and oxygen atoms in total. The SMILES string of the molecule is CCCCCNC(=NC)NCc1ccc(C)cc1OCC1CCOC1. The van der Waals surface area contributed by atoms with E-state index in [-0.39, 0.29) is 0 Å². The lowest BCUT2D eigenvalue weighted by molar-refractivity contribution is 0.166. The topological polar surface area (TPSA) is 54.9 Å². The lowest BCUT2D eigenvalue weighted by atomic mass is 10.1. The van der Waals surface area contributed by atoms with E-state index in [1.165, 1.54) is 24.8 Å². The van der Waals surface area contributed by atoms with Crippen LogP contribution in [0.4, 0.5) is 0 Å². The van der Waals surface area contributed by atoms with Crippen molar-refractivity contribution in [1.82, 2.24) is 10.6 Å². The smallest absolute Gasteiger partial charge is 0.191 e. The van der Waals surface area contributed by atoms with E-state index in [4.69, 9.17) is 9.47 Å². The van der Waals surface area contributed by atoms with Crippen LogP contribution in [0.3, 0.4) is 0 Å². The summed E-state index contributed by atoms with van der Waals surface area (Å²) in [7, 11) is 1.81. The standard InChI is InChI=1S/C20H33N3O2/c1-4-5-6-10-22-20(21-3)23-13-18-8-7-16(2)12-19(18)25-15-17-9-11-24-14-17/h7-8,12,17H,4-6,9-11,13-15H2,1-3H3,(H2,21,22,23). The third-order valence-electron chi connectivity index (χ3n) is 4.46. The van der Waals surface area contributed by atoms with E-state index in [9.17, 15) is 0 Å². The number of guanidine groups is 1. The molecule has 1 aliphatic rings. The molecular weight excluding hydrogens is 314 g/mol. The zero-order valence-corrected chi connectivity index (χ0v) is 15.9. The van der Waals surface area contributed by atoms with Gasteiger partial charge in [0.1, 0.15) is 5.75 Å². The van der Waals surface area contributed by atoms with E-state index in [0.29, 0.717) is 12.5 Å². The fourth-order valence-corrected chi connectivity index (χ4v) is 2.85. The van der Waals surface area contributed by atoms with Crippen LogP contribution in [-0.4, -0.2) is 39.4 Å². The van der Waals surface area contributed by atoms with Gasteiger partial charge in [-0.25, -0.2) is 0 Å². The van der Waals surface area contributed by atoms with Crippen molar-refractivity contribution in [2.75, 3.05) is 33.4 Å². The maximum absolute atomic E-state index is 6.10. The summed E-state index contributed by atoms with van der Waals surface area (Å²) in [5.41, 5.74) is 2.37. The number of hydrogen-bond donors (Lipinski definition) is 2. The molecule has 140 valence electrons. The molecule has 1 aromatic rings. The second-order valence-electron chi connectivity index (χ2n) is 6.71. The van der Waals surface area contributed by atoms with Crippen LogP contribution in [0.15, 0.2) is 23.2 Å². The molecule has 0 saturated carbocycles. The van der Waals surface area contributed by atoms with Crippen LogP contribution in [0.25, 0.3) is 0 Å². The van der Waals surface area contributed by atoms with Gasteiger partial charge in [-0.3, -0.25) is 4.99 Å². The first-order chi connectivity index (χ1) is 12.2. The van der Waals surface area contributed by atoms with Crippen molar-refractivity contribution in [2.45, 2.75) is 46.1 Å². The van der Waals surface area contributed by atoms with Crippen LogP contribution in [0, 0.1) is 12.8 Å². The van der Waals surface area contributed by atoms with E-state index in [1.54, 1.807) is 0 Å². The molecule has 5 heteroatoms. The molecule has 1 aromatic carbocycles. The molecule has 1 heterocycles. The lowest BCUT2D eigenvalue weighted by Crippen LogP contribution is -2.37. The molecule has 25 heavy (non-hydrogen) atoms. The summed E-state index contributed by atoms with van der Waals surface area (Å²) in [5.74, 6) is 2.31. The normalized spacial score (nSPS) is 17.6. The number of hydrogen-bond acceptors (Lipinski definition) is 3. The van der Waals surface area contributed by atoms with Crippen LogP contribution >= 0.6 is 0 Å². The summed E-state index contributed by atoms with van der Waals surface area (Å²) in [4.78, 5) is 4.29. The maximum Gasteiger partial charge on any atom is 0.191 e. The van der Waals surface area contributed by atoms with Crippen LogP contribution < -0.4 is 15.4 Å². The number of nitrogens with one attached hydrogen (secondary N) is 2. The number of benzene rings is 1. The van der Waals surface area contributed by atoms with E-state index in [1.807, 2.05) is 7.05 Å². The summed E-state index contributed by atoms with van der Waals surface area (Å²) in [5, 5.41) is 6.75. The van der Waals surface area contributed by atoms with Crippen molar-refractivity contribution in [3.8, 4) is 5.75 Å². The van der Waals surface area contributed by atoms with E-state index >= 15 is 0 Å². The second kappa shape index (κ2) is 11.0. The molecule has 1 aliphatic heterocycles. The number of aryl methyl sites for hydroxylation is 1. The summed E-state index contributed by atoms with van der Waals surface area (Å²) in [6, 6.07) is 6.37. The van der Waals surface area contributed by atoms with Crippen LogP contribution in [0.5, 0.6) is 5.75 Å². The fourth-order valence-electron chi connectivity index (χ4n) is 2.85. The zero-order valence-electron chi connectivity index (χ0n) is 15.9. The van der Waals surface area contributed by atoms with Gasteiger partial charge in [0, 0.05) is 38.2 Å². The van der Waals surface area contributed by atoms with Crippen molar-refractivity contribution < 1.29 is 9.47 Å². The molecule has 1 fully saturated rings. The van der Waals surface area contributed by atoms with Gasteiger partial charge in [-0.15, -0.1) is 0 Å². The van der Waals surface area contributed by atoms with Gasteiger partial charge in [-0.05, 0) is 31.4 Å². The zero-order chi connectivity index (χ0) is 17.9. The fraction of sp³-hybridized carbons (Fsp3) is 0.650. The van der Waals surface area contributed by atoms with Crippen molar-refractivity contribution in [2.24, 2.45) is 10.9 Å². The summed E-state index contributed by atoms with van der Waals surface area (Å²) in [6.07, 6.45) is 4.72. The molecule has 0 radical (unpaired) electrons. The number of aliphatic imine (C=N–C) groups is 1. The highest BCUT2D eigenvalue weighted by atomic mass is 16.5. The molecule has 2 N–H and O–H groups in total. The van der Waals surface area contributed by atoms with Crippen LogP contribution in [0.1, 0.15) is 43.7 Å². The van der Waals surface area contributed by atoms with E-state index < -0.39 is 0 Å². The van der Waals surface area contributed by atoms with Gasteiger partial charge >= 0.3 is 0 Å². The first kappa shape index (κ1) is 19.6. The Kier molecular flexibility index (Phi) is 8.60. The second-order valence-corrected chi connectivity index (χ2v) is 6.71. The molecule has 1 atom stereocenters. The van der Waals surface area contributed by atoms with Crippen LogP contribution in [-0.2, 0) is 11.3 Å². The van der Waals surface area contributed by atoms with Gasteiger partial charge in [-0.1, -0.05) is 31.9 Å². The summed E-state index contributed by atoms with van der Waals surface area (Å²) >= 11 is 0. The Bertz CT molecular complexity index is 540. The molecule has 0 bridgehead atoms. The average molecular weight is 348 g/mol. The molecule has 2 rings (SSSR count). The van der Waals surface area contributed by atoms with Gasteiger partial charge in [-0.2, -0.15) is 0 Å². The molecule has 0 spiro atoms. The highest BCUT2D eigenvalue weighted by Crippen LogP contribution is 2.22. The number of rotatable bonds is 9. The number of unbranched alkanes of at least 4 members (excludes halogenated alkanes) is 2. The molecule has 1 unspecified atom stereocenters. The quantitative estimate of drug-likeness (QED) is 0.409. The average Bonchev–Trinajstić information content (AvgIpc) is 3.14. The first-order valence-corrected chi connectivity index (χ1v) is 9.47. The Hall–Kier alpha value is -1.75. The van der Waals surface area contributed by atoms with Crippen molar-refractivity contribution >= 4 is 5.96 Å². The maximum atomic E-state index is 6.10. The third kappa shape index (κ3) is 6.94. The van der Waals surface area contributed by atoms with Crippen molar-refractivity contribution in [1.29, 1.82) is 0 Å². The molecule has 0 aromatic heterocycles. The predicted molar refractivity (Wildman–Crippen MR) is 103 cm³/mol. The van der Waals surface area contributed by atoms with Gasteiger partial charge in [0.2, 0.25) is 0 Å². The van der Waals surface area contributed by atoms with Gasteiger partial charge in [0.05, 0.1) is 13.2 Å². The molecule has 1 saturated heterocycles. The van der Waals surface area contributed by atoms with Gasteiger partial charge in [0.15, 0.2) is 5.96 Å². The summed E-state index contributed by atoms with van der Waals surface area (Å²) in [6.45, 7) is 8.35. The monoisotopic (exact) mass is 347 g/mol. The third-order valence-corrected chi connectivity index (χ3v) is 4.46. The molecule has 0 amide bonds. The minimum atomic E-state index is 0.509. The van der Waals surface area contributed by atoms with Gasteiger partial charge < -0.3 is 20.1 Å². The van der Waals surface area contributed by atoms with Crippen molar-refractivity contribution in [3.63, 3.8) is 0 Å². The first-order valence-electron chi connectivity index (χ1n) is 9.47. The van der Waals surface area contributed by atoms with E-state index in [2.05, 4.69) is 47.7 Å². The highest BCUT2D eigenvalue weighted by Gasteiger charge is 2.17. The highest BCUT2D eigenvalue weighted by molar-refractivity contribution is 5.79. The number of nitrogens with zero attached hydrogens (tertiary/aromatic N) is 1. The predicted octanol–water partition coefficient (Wildman–Crippen LogP) is 3.27. The Morgan fingerprint density at radius 3 is 2.92 bits per heavy atom. The van der Waals surface area contributed by atoms with Crippen LogP contribution in [0.2, 0.25) is 0 Å². The van der Waals surface area contributed by atoms with Crippen molar-refractivity contribution in [3.05, 3.63) is 29.3 Å². The lowest BCUT2D eigenvalue weighted by Gasteiger charge is -2.17. The molecular formula is C20H33N3O2. The number of ether oxygens (including phenoxy) is 2. The van der Waals surface area contributed by atoms with E-state index in [0.717, 1.165) is 50.1 Å². The Balaban J connectivity index is 1.86. The largest absolute Gasteiger partial charge is 0.493 e. The Morgan fingerprint density at radius 1 is 1.32 bits per heavy atom.